The first-order valence-corrected chi connectivity index (χ1v) is 10.9. The Labute approximate surface area is 167 Å². The zero-order chi connectivity index (χ0) is 20.4. The Morgan fingerprint density at radius 3 is 2.22 bits per heavy atom. The van der Waals surface area contributed by atoms with Gasteiger partial charge in [-0.15, -0.1) is 0 Å². The standard InChI is InChI=1S/C19H22BrFN2O3S/c1-19(2,3)13-5-8-15(9-6-13)23(27(4,25)26)12-18(24)22-17-10-7-14(20)11-16(17)21/h5-11H,12H2,1-4H3,(H,22,24). The van der Waals surface area contributed by atoms with Gasteiger partial charge in [0.05, 0.1) is 17.6 Å². The molecule has 0 saturated heterocycles. The molecule has 0 atom stereocenters. The molecule has 27 heavy (non-hydrogen) atoms. The molecule has 0 spiro atoms. The third-order valence-corrected chi connectivity index (χ3v) is 5.55. The van der Waals surface area contributed by atoms with Crippen molar-refractivity contribution < 1.29 is 17.6 Å². The number of anilines is 2. The van der Waals surface area contributed by atoms with Crippen molar-refractivity contribution in [3.8, 4) is 0 Å². The highest BCUT2D eigenvalue weighted by Crippen LogP contribution is 2.26. The summed E-state index contributed by atoms with van der Waals surface area (Å²) in [6.45, 7) is 5.70. The normalized spacial score (nSPS) is 11.9. The maximum atomic E-state index is 13.9. The predicted octanol–water partition coefficient (Wildman–Crippen LogP) is 4.29. The van der Waals surface area contributed by atoms with Gasteiger partial charge in [0.1, 0.15) is 12.4 Å². The molecule has 0 aliphatic heterocycles. The Kier molecular flexibility index (Phi) is 6.32. The summed E-state index contributed by atoms with van der Waals surface area (Å²) < 4.78 is 39.8. The SMILES string of the molecule is CC(C)(C)c1ccc(N(CC(=O)Nc2ccc(Br)cc2F)S(C)(=O)=O)cc1. The van der Waals surface area contributed by atoms with Crippen LogP contribution in [0.1, 0.15) is 26.3 Å². The molecule has 2 rings (SSSR count). The van der Waals surface area contributed by atoms with E-state index in [1.54, 1.807) is 18.2 Å². The lowest BCUT2D eigenvalue weighted by Gasteiger charge is -2.24. The molecule has 0 unspecified atom stereocenters. The highest BCUT2D eigenvalue weighted by molar-refractivity contribution is 9.10. The third kappa shape index (κ3) is 5.77. The van der Waals surface area contributed by atoms with E-state index in [0.29, 0.717) is 10.2 Å². The lowest BCUT2D eigenvalue weighted by atomic mass is 9.87. The minimum Gasteiger partial charge on any atom is -0.322 e. The van der Waals surface area contributed by atoms with Gasteiger partial charge in [0.25, 0.3) is 0 Å². The van der Waals surface area contributed by atoms with Crippen molar-refractivity contribution >= 4 is 43.2 Å². The van der Waals surface area contributed by atoms with Crippen LogP contribution in [0.2, 0.25) is 0 Å². The first kappa shape index (κ1) is 21.4. The van der Waals surface area contributed by atoms with Crippen molar-refractivity contribution in [1.82, 2.24) is 0 Å². The highest BCUT2D eigenvalue weighted by Gasteiger charge is 2.22. The van der Waals surface area contributed by atoms with E-state index in [2.05, 4.69) is 42.0 Å². The molecule has 0 aliphatic rings. The fraction of sp³-hybridized carbons (Fsp3) is 0.316. The van der Waals surface area contributed by atoms with Gasteiger partial charge in [0.15, 0.2) is 0 Å². The van der Waals surface area contributed by atoms with E-state index in [1.807, 2.05) is 12.1 Å². The van der Waals surface area contributed by atoms with E-state index in [0.717, 1.165) is 16.1 Å². The number of hydrogen-bond acceptors (Lipinski definition) is 3. The second kappa shape index (κ2) is 7.98. The number of sulfonamides is 1. The molecule has 2 aromatic rings. The van der Waals surface area contributed by atoms with Crippen LogP contribution in [0.5, 0.6) is 0 Å². The molecule has 1 N–H and O–H groups in total. The first-order chi connectivity index (χ1) is 12.4. The summed E-state index contributed by atoms with van der Waals surface area (Å²) in [5, 5.41) is 2.40. The summed E-state index contributed by atoms with van der Waals surface area (Å²) in [4.78, 5) is 12.3. The molecule has 146 valence electrons. The van der Waals surface area contributed by atoms with Crippen molar-refractivity contribution in [1.29, 1.82) is 0 Å². The Balaban J connectivity index is 2.23. The average molecular weight is 457 g/mol. The number of rotatable bonds is 5. The minimum absolute atomic E-state index is 0.0141. The third-order valence-electron chi connectivity index (χ3n) is 3.91. The smallest absolute Gasteiger partial charge is 0.245 e. The maximum Gasteiger partial charge on any atom is 0.245 e. The molecule has 0 saturated carbocycles. The van der Waals surface area contributed by atoms with Crippen molar-refractivity contribution in [3.05, 3.63) is 58.3 Å². The quantitative estimate of drug-likeness (QED) is 0.729. The Morgan fingerprint density at radius 1 is 1.15 bits per heavy atom. The molecule has 0 bridgehead atoms. The van der Waals surface area contributed by atoms with Crippen LogP contribution in [-0.2, 0) is 20.2 Å². The average Bonchev–Trinajstić information content (AvgIpc) is 2.53. The zero-order valence-electron chi connectivity index (χ0n) is 15.6. The molecule has 0 aliphatic carbocycles. The summed E-state index contributed by atoms with van der Waals surface area (Å²) in [5.74, 6) is -1.25. The molecule has 0 fully saturated rings. The van der Waals surface area contributed by atoms with Crippen molar-refractivity contribution in [2.45, 2.75) is 26.2 Å². The second-order valence-corrected chi connectivity index (χ2v) is 10.1. The fourth-order valence-corrected chi connectivity index (χ4v) is 3.63. The largest absolute Gasteiger partial charge is 0.322 e. The molecular formula is C19H22BrFN2O3S. The summed E-state index contributed by atoms with van der Waals surface area (Å²) in [7, 11) is -3.70. The van der Waals surface area contributed by atoms with E-state index in [4.69, 9.17) is 0 Å². The van der Waals surface area contributed by atoms with Gasteiger partial charge in [0.2, 0.25) is 15.9 Å². The summed E-state index contributed by atoms with van der Waals surface area (Å²) >= 11 is 3.14. The number of carbonyl (C=O) groups is 1. The van der Waals surface area contributed by atoms with Gasteiger partial charge < -0.3 is 5.32 Å². The monoisotopic (exact) mass is 456 g/mol. The Hall–Kier alpha value is -1.93. The zero-order valence-corrected chi connectivity index (χ0v) is 18.0. The van der Waals surface area contributed by atoms with E-state index in [-0.39, 0.29) is 11.1 Å². The van der Waals surface area contributed by atoms with Crippen molar-refractivity contribution in [2.24, 2.45) is 0 Å². The molecule has 5 nitrogen and oxygen atoms in total. The van der Waals surface area contributed by atoms with Gasteiger partial charge >= 0.3 is 0 Å². The van der Waals surface area contributed by atoms with Crippen LogP contribution in [0.4, 0.5) is 15.8 Å². The lowest BCUT2D eigenvalue weighted by molar-refractivity contribution is -0.114. The fourth-order valence-electron chi connectivity index (χ4n) is 2.44. The highest BCUT2D eigenvalue weighted by atomic mass is 79.9. The molecule has 0 radical (unpaired) electrons. The Bertz CT molecular complexity index is 938. The van der Waals surface area contributed by atoms with Crippen LogP contribution in [0.25, 0.3) is 0 Å². The van der Waals surface area contributed by atoms with E-state index >= 15 is 0 Å². The molecule has 2 aromatic carbocycles. The summed E-state index contributed by atoms with van der Waals surface area (Å²) in [6, 6.07) is 11.2. The van der Waals surface area contributed by atoms with Crippen molar-refractivity contribution in [3.63, 3.8) is 0 Å². The van der Waals surface area contributed by atoms with Crippen LogP contribution >= 0.6 is 15.9 Å². The van der Waals surface area contributed by atoms with Crippen LogP contribution < -0.4 is 9.62 Å². The van der Waals surface area contributed by atoms with Crippen molar-refractivity contribution in [2.75, 3.05) is 22.4 Å². The number of hydrogen-bond donors (Lipinski definition) is 1. The number of halogens is 2. The van der Waals surface area contributed by atoms with Crippen LogP contribution in [0, 0.1) is 5.82 Å². The summed E-state index contributed by atoms with van der Waals surface area (Å²) in [6.07, 6.45) is 1.03. The van der Waals surface area contributed by atoms with E-state index in [1.165, 1.54) is 12.1 Å². The Morgan fingerprint density at radius 2 is 1.74 bits per heavy atom. The number of nitrogens with zero attached hydrogens (tertiary/aromatic N) is 1. The lowest BCUT2D eigenvalue weighted by Crippen LogP contribution is -2.37. The van der Waals surface area contributed by atoms with Gasteiger partial charge in [-0.05, 0) is 41.3 Å². The topological polar surface area (TPSA) is 66.5 Å². The maximum absolute atomic E-state index is 13.9. The molecule has 0 heterocycles. The van der Waals surface area contributed by atoms with Gasteiger partial charge in [-0.2, -0.15) is 0 Å². The van der Waals surface area contributed by atoms with Gasteiger partial charge in [-0.3, -0.25) is 9.10 Å². The van der Waals surface area contributed by atoms with Gasteiger partial charge in [-0.25, -0.2) is 12.8 Å². The van der Waals surface area contributed by atoms with Crippen LogP contribution in [0.3, 0.4) is 0 Å². The number of benzene rings is 2. The second-order valence-electron chi connectivity index (χ2n) is 7.24. The van der Waals surface area contributed by atoms with E-state index in [9.17, 15) is 17.6 Å². The summed E-state index contributed by atoms with van der Waals surface area (Å²) in [5.41, 5.74) is 1.32. The molecular weight excluding hydrogens is 435 g/mol. The predicted molar refractivity (Wildman–Crippen MR) is 110 cm³/mol. The number of amides is 1. The van der Waals surface area contributed by atoms with Crippen LogP contribution in [0.15, 0.2) is 46.9 Å². The minimum atomic E-state index is -3.70. The number of nitrogens with one attached hydrogen (secondary N) is 1. The number of carbonyl (C=O) groups excluding carboxylic acids is 1. The molecule has 8 heteroatoms. The van der Waals surface area contributed by atoms with Gasteiger partial charge in [-0.1, -0.05) is 48.8 Å². The van der Waals surface area contributed by atoms with Crippen LogP contribution in [-0.4, -0.2) is 27.1 Å². The van der Waals surface area contributed by atoms with E-state index < -0.39 is 28.3 Å². The molecule has 1 amide bonds. The first-order valence-electron chi connectivity index (χ1n) is 8.21. The molecule has 0 aromatic heterocycles. The van der Waals surface area contributed by atoms with Gasteiger partial charge in [0, 0.05) is 4.47 Å².